The molecule has 0 fully saturated rings. The van der Waals surface area contributed by atoms with E-state index in [9.17, 15) is 19.5 Å². The highest BCUT2D eigenvalue weighted by atomic mass is 16.5. The summed E-state index contributed by atoms with van der Waals surface area (Å²) in [7, 11) is 0. The van der Waals surface area contributed by atoms with Crippen LogP contribution in [0.2, 0.25) is 0 Å². The van der Waals surface area contributed by atoms with Gasteiger partial charge in [-0.15, -0.1) is 0 Å². The van der Waals surface area contributed by atoms with Crippen molar-refractivity contribution >= 4 is 46.2 Å². The molecule has 0 aliphatic carbocycles. The van der Waals surface area contributed by atoms with Crippen molar-refractivity contribution in [3.8, 4) is 0 Å². The van der Waals surface area contributed by atoms with E-state index in [4.69, 9.17) is 4.74 Å². The minimum atomic E-state index is -1.08. The molecular weight excluding hydrogens is 410 g/mol. The monoisotopic (exact) mass is 431 g/mol. The van der Waals surface area contributed by atoms with Gasteiger partial charge in [0.05, 0.1) is 29.1 Å². The Hall–Kier alpha value is -4.20. The van der Waals surface area contributed by atoms with E-state index in [0.29, 0.717) is 23.6 Å². The van der Waals surface area contributed by atoms with Gasteiger partial charge in [-0.2, -0.15) is 10.1 Å². The minimum Gasteiger partial charge on any atom is -0.478 e. The molecule has 32 heavy (non-hydrogen) atoms. The van der Waals surface area contributed by atoms with Gasteiger partial charge in [0.15, 0.2) is 0 Å². The van der Waals surface area contributed by atoms with Crippen LogP contribution >= 0.6 is 0 Å². The summed E-state index contributed by atoms with van der Waals surface area (Å²) in [5, 5.41) is 15.7. The number of hydrogen-bond donors (Lipinski definition) is 1. The predicted octanol–water partition coefficient (Wildman–Crippen LogP) is 3.71. The second-order valence-electron chi connectivity index (χ2n) is 7.25. The van der Waals surface area contributed by atoms with Crippen molar-refractivity contribution in [1.82, 2.24) is 4.57 Å². The molecule has 1 aromatic heterocycles. The van der Waals surface area contributed by atoms with Crippen LogP contribution < -0.4 is 5.01 Å². The number of hydrazone groups is 1. The van der Waals surface area contributed by atoms with Crippen molar-refractivity contribution in [2.45, 2.75) is 20.4 Å². The molecule has 1 aliphatic rings. The molecule has 2 aromatic carbocycles. The number of anilines is 1. The van der Waals surface area contributed by atoms with Crippen molar-refractivity contribution < 1.29 is 24.2 Å². The maximum absolute atomic E-state index is 13.1. The number of nitrogens with zero attached hydrogens (tertiary/aromatic N) is 3. The summed E-state index contributed by atoms with van der Waals surface area (Å²) in [6.45, 7) is 3.85. The maximum atomic E-state index is 13.1. The Bertz CT molecular complexity index is 1300. The number of rotatable bonds is 6. The predicted molar refractivity (Wildman–Crippen MR) is 121 cm³/mol. The third-order valence-corrected chi connectivity index (χ3v) is 5.12. The molecule has 0 spiro atoms. The highest BCUT2D eigenvalue weighted by Crippen LogP contribution is 2.29. The fraction of sp³-hybridized carbons (Fsp3) is 0.167. The average molecular weight is 431 g/mol. The molecule has 0 radical (unpaired) electrons. The highest BCUT2D eigenvalue weighted by molar-refractivity contribution is 6.32. The molecule has 0 bridgehead atoms. The zero-order chi connectivity index (χ0) is 22.8. The lowest BCUT2D eigenvalue weighted by Crippen LogP contribution is -2.21. The number of amides is 1. The van der Waals surface area contributed by atoms with Crippen LogP contribution in [-0.4, -0.2) is 39.8 Å². The number of aromatic nitrogens is 1. The van der Waals surface area contributed by atoms with Gasteiger partial charge in [-0.1, -0.05) is 24.3 Å². The van der Waals surface area contributed by atoms with Crippen molar-refractivity contribution in [1.29, 1.82) is 0 Å². The largest absolute Gasteiger partial charge is 0.478 e. The second kappa shape index (κ2) is 8.50. The number of aromatic carboxylic acids is 1. The minimum absolute atomic E-state index is 0.0622. The second-order valence-corrected chi connectivity index (χ2v) is 7.25. The summed E-state index contributed by atoms with van der Waals surface area (Å²) in [6, 6.07) is 13.7. The fourth-order valence-corrected chi connectivity index (χ4v) is 3.65. The van der Waals surface area contributed by atoms with E-state index in [1.165, 1.54) is 17.1 Å². The van der Waals surface area contributed by atoms with Crippen molar-refractivity contribution in [3.63, 3.8) is 0 Å². The Morgan fingerprint density at radius 3 is 2.69 bits per heavy atom. The molecule has 8 heteroatoms. The molecule has 3 aromatic rings. The molecule has 0 atom stereocenters. The number of benzene rings is 2. The Labute approximate surface area is 184 Å². The lowest BCUT2D eigenvalue weighted by atomic mass is 10.1. The standard InChI is InChI=1S/C24H21N3O5/c1-3-32-22(28)14-26-13-17(19-9-4-5-10-21(19)26)12-20-15(2)25-27(23(20)29)18-8-6-7-16(11-18)24(30)31/h4-13H,3,14H2,1-2H3,(H,30,31). The van der Waals surface area contributed by atoms with E-state index in [-0.39, 0.29) is 24.0 Å². The van der Waals surface area contributed by atoms with Crippen molar-refractivity contribution in [2.75, 3.05) is 11.6 Å². The Morgan fingerprint density at radius 2 is 1.94 bits per heavy atom. The number of carbonyl (C=O) groups is 3. The van der Waals surface area contributed by atoms with E-state index in [2.05, 4.69) is 5.10 Å². The summed E-state index contributed by atoms with van der Waals surface area (Å²) in [4.78, 5) is 36.4. The molecule has 1 aliphatic heterocycles. The van der Waals surface area contributed by atoms with Gasteiger partial charge < -0.3 is 14.4 Å². The van der Waals surface area contributed by atoms with E-state index >= 15 is 0 Å². The summed E-state index contributed by atoms with van der Waals surface area (Å²) in [6.07, 6.45) is 3.55. The van der Waals surface area contributed by atoms with Crippen molar-refractivity contribution in [3.05, 3.63) is 71.4 Å². The summed E-state index contributed by atoms with van der Waals surface area (Å²) >= 11 is 0. The van der Waals surface area contributed by atoms with Crippen LogP contribution in [0, 0.1) is 0 Å². The first-order valence-corrected chi connectivity index (χ1v) is 10.1. The van der Waals surface area contributed by atoms with Crippen LogP contribution in [0.1, 0.15) is 29.8 Å². The zero-order valence-electron chi connectivity index (χ0n) is 17.6. The van der Waals surface area contributed by atoms with Gasteiger partial charge in [0, 0.05) is 22.7 Å². The van der Waals surface area contributed by atoms with Crippen LogP contribution in [-0.2, 0) is 20.9 Å². The van der Waals surface area contributed by atoms with Gasteiger partial charge >= 0.3 is 11.9 Å². The number of para-hydroxylation sites is 1. The van der Waals surface area contributed by atoms with Crippen LogP contribution in [0.3, 0.4) is 0 Å². The summed E-state index contributed by atoms with van der Waals surface area (Å²) in [5.74, 6) is -1.77. The highest BCUT2D eigenvalue weighted by Gasteiger charge is 2.29. The van der Waals surface area contributed by atoms with Crippen LogP contribution in [0.5, 0.6) is 0 Å². The normalized spacial score (nSPS) is 14.8. The van der Waals surface area contributed by atoms with E-state index in [1.807, 2.05) is 30.5 Å². The maximum Gasteiger partial charge on any atom is 0.335 e. The van der Waals surface area contributed by atoms with Crippen LogP contribution in [0.25, 0.3) is 17.0 Å². The molecular formula is C24H21N3O5. The molecule has 0 unspecified atom stereocenters. The molecule has 2 heterocycles. The first-order valence-electron chi connectivity index (χ1n) is 10.1. The number of hydrogen-bond acceptors (Lipinski definition) is 5. The molecule has 1 N–H and O–H groups in total. The first kappa shape index (κ1) is 21.0. The van der Waals surface area contributed by atoms with E-state index in [1.54, 1.807) is 36.6 Å². The van der Waals surface area contributed by atoms with Gasteiger partial charge in [-0.3, -0.25) is 9.59 Å². The smallest absolute Gasteiger partial charge is 0.335 e. The number of carboxylic acids is 1. The number of carbonyl (C=O) groups excluding carboxylic acids is 2. The Balaban J connectivity index is 1.71. The van der Waals surface area contributed by atoms with E-state index < -0.39 is 5.97 Å². The Kier molecular flexibility index (Phi) is 5.59. The Morgan fingerprint density at radius 1 is 1.16 bits per heavy atom. The molecule has 0 saturated carbocycles. The average Bonchev–Trinajstić information content (AvgIpc) is 3.26. The SMILES string of the molecule is CCOC(=O)Cn1cc(C=C2C(=O)N(c3cccc(C(=O)O)c3)N=C2C)c2ccccc21. The quantitative estimate of drug-likeness (QED) is 0.474. The summed E-state index contributed by atoms with van der Waals surface area (Å²) < 4.78 is 6.86. The molecule has 8 nitrogen and oxygen atoms in total. The lowest BCUT2D eigenvalue weighted by molar-refractivity contribution is -0.143. The number of esters is 1. The fourth-order valence-electron chi connectivity index (χ4n) is 3.65. The van der Waals surface area contributed by atoms with Crippen LogP contribution in [0.4, 0.5) is 5.69 Å². The lowest BCUT2D eigenvalue weighted by Gasteiger charge is -2.12. The first-order chi connectivity index (χ1) is 15.4. The molecule has 162 valence electrons. The third kappa shape index (κ3) is 3.90. The zero-order valence-corrected chi connectivity index (χ0v) is 17.6. The van der Waals surface area contributed by atoms with Crippen LogP contribution in [0.15, 0.2) is 65.4 Å². The number of ether oxygens (including phenoxy) is 1. The van der Waals surface area contributed by atoms with Crippen molar-refractivity contribution in [2.24, 2.45) is 5.10 Å². The molecule has 1 amide bonds. The third-order valence-electron chi connectivity index (χ3n) is 5.12. The van der Waals surface area contributed by atoms with Gasteiger partial charge in [0.2, 0.25) is 0 Å². The van der Waals surface area contributed by atoms with Gasteiger partial charge in [-0.25, -0.2) is 4.79 Å². The number of carboxylic acid groups (broad SMARTS) is 1. The van der Waals surface area contributed by atoms with Gasteiger partial charge in [0.25, 0.3) is 5.91 Å². The summed E-state index contributed by atoms with van der Waals surface area (Å²) in [5.41, 5.74) is 2.97. The topological polar surface area (TPSA) is 101 Å². The number of fused-ring (bicyclic) bond motifs is 1. The van der Waals surface area contributed by atoms with E-state index in [0.717, 1.165) is 16.5 Å². The van der Waals surface area contributed by atoms with Gasteiger partial charge in [0.1, 0.15) is 6.54 Å². The molecule has 4 rings (SSSR count). The van der Waals surface area contributed by atoms with Gasteiger partial charge in [-0.05, 0) is 44.2 Å². The molecule has 0 saturated heterocycles.